The maximum absolute atomic E-state index is 12.5. The molecule has 3 atom stereocenters. The van der Waals surface area contributed by atoms with Crippen LogP contribution in [0.3, 0.4) is 0 Å². The SMILES string of the molecule is C=CCOC(=O)C1=C([C@H](CC)n2cnnn2)S[C@@H]2[C@@H](CO)C(=O)N12. The van der Waals surface area contributed by atoms with Gasteiger partial charge in [-0.05, 0) is 16.8 Å². The number of allylic oxidation sites excluding steroid dienone is 1. The molecule has 2 aliphatic heterocycles. The van der Waals surface area contributed by atoms with Gasteiger partial charge in [-0.3, -0.25) is 9.69 Å². The minimum absolute atomic E-state index is 0.0536. The highest BCUT2D eigenvalue weighted by Crippen LogP contribution is 2.52. The summed E-state index contributed by atoms with van der Waals surface area (Å²) in [4.78, 5) is 26.8. The molecule has 2 aliphatic rings. The number of ether oxygens (including phenoxy) is 1. The molecule has 0 radical (unpaired) electrons. The van der Waals surface area contributed by atoms with Crippen molar-refractivity contribution in [3.05, 3.63) is 29.6 Å². The highest BCUT2D eigenvalue weighted by molar-refractivity contribution is 8.04. The fourth-order valence-electron chi connectivity index (χ4n) is 2.81. The third-order valence-corrected chi connectivity index (χ3v) is 5.47. The summed E-state index contributed by atoms with van der Waals surface area (Å²) in [6, 6.07) is -0.283. The van der Waals surface area contributed by atoms with E-state index < -0.39 is 11.9 Å². The smallest absolute Gasteiger partial charge is 0.356 e. The van der Waals surface area contributed by atoms with Gasteiger partial charge in [0.25, 0.3) is 0 Å². The molecule has 0 saturated carbocycles. The number of amides is 1. The molecule has 3 rings (SSSR count). The van der Waals surface area contributed by atoms with Gasteiger partial charge in [0.05, 0.1) is 18.6 Å². The van der Waals surface area contributed by atoms with Gasteiger partial charge in [-0.2, -0.15) is 0 Å². The molecular formula is C14H17N5O4S. The van der Waals surface area contributed by atoms with Gasteiger partial charge >= 0.3 is 5.97 Å². The van der Waals surface area contributed by atoms with E-state index in [2.05, 4.69) is 22.1 Å². The van der Waals surface area contributed by atoms with Crippen LogP contribution >= 0.6 is 11.8 Å². The summed E-state index contributed by atoms with van der Waals surface area (Å²) < 4.78 is 6.69. The van der Waals surface area contributed by atoms with Crippen molar-refractivity contribution >= 4 is 23.6 Å². The minimum atomic E-state index is -0.587. The molecule has 0 aliphatic carbocycles. The summed E-state index contributed by atoms with van der Waals surface area (Å²) in [7, 11) is 0. The molecule has 0 spiro atoms. The van der Waals surface area contributed by atoms with Crippen molar-refractivity contribution in [2.24, 2.45) is 5.92 Å². The maximum Gasteiger partial charge on any atom is 0.356 e. The zero-order chi connectivity index (χ0) is 17.3. The number of esters is 1. The van der Waals surface area contributed by atoms with Crippen molar-refractivity contribution < 1.29 is 19.4 Å². The maximum atomic E-state index is 12.5. The molecule has 1 fully saturated rings. The van der Waals surface area contributed by atoms with Gasteiger partial charge < -0.3 is 9.84 Å². The van der Waals surface area contributed by atoms with Crippen LogP contribution in [0.15, 0.2) is 29.6 Å². The Morgan fingerprint density at radius 1 is 1.62 bits per heavy atom. The third-order valence-electron chi connectivity index (χ3n) is 3.97. The van der Waals surface area contributed by atoms with Crippen LogP contribution < -0.4 is 0 Å². The summed E-state index contributed by atoms with van der Waals surface area (Å²) in [5.74, 6) is -1.38. The number of nitrogens with zero attached hydrogens (tertiary/aromatic N) is 5. The number of aliphatic hydroxyl groups is 1. The van der Waals surface area contributed by atoms with Crippen LogP contribution in [-0.4, -0.2) is 60.7 Å². The van der Waals surface area contributed by atoms with Gasteiger partial charge in [0.1, 0.15) is 24.0 Å². The van der Waals surface area contributed by atoms with Crippen molar-refractivity contribution in [2.75, 3.05) is 13.2 Å². The Balaban J connectivity index is 1.98. The van der Waals surface area contributed by atoms with Crippen molar-refractivity contribution in [2.45, 2.75) is 24.8 Å². The lowest BCUT2D eigenvalue weighted by atomic mass is 9.98. The number of carbonyl (C=O) groups is 2. The molecule has 1 aromatic heterocycles. The van der Waals surface area contributed by atoms with E-state index in [1.807, 2.05) is 6.92 Å². The van der Waals surface area contributed by atoms with Gasteiger partial charge in [-0.25, -0.2) is 9.48 Å². The zero-order valence-electron chi connectivity index (χ0n) is 13.0. The molecule has 0 unspecified atom stereocenters. The van der Waals surface area contributed by atoms with Gasteiger partial charge in [0, 0.05) is 4.91 Å². The Hall–Kier alpha value is -2.20. The third kappa shape index (κ3) is 2.51. The summed E-state index contributed by atoms with van der Waals surface area (Å²) >= 11 is 1.38. The minimum Gasteiger partial charge on any atom is -0.457 e. The fourth-order valence-corrected chi connectivity index (χ4v) is 4.48. The molecule has 128 valence electrons. The lowest BCUT2D eigenvalue weighted by Gasteiger charge is -2.41. The van der Waals surface area contributed by atoms with Crippen molar-refractivity contribution in [1.29, 1.82) is 0 Å². The van der Waals surface area contributed by atoms with Crippen LogP contribution in [0.2, 0.25) is 0 Å². The first-order valence-electron chi connectivity index (χ1n) is 7.49. The predicted octanol–water partition coefficient (Wildman–Crippen LogP) is 0.0886. The van der Waals surface area contributed by atoms with Crippen molar-refractivity contribution in [3.8, 4) is 0 Å². The summed E-state index contributed by atoms with van der Waals surface area (Å²) in [5.41, 5.74) is 0.212. The van der Waals surface area contributed by atoms with E-state index in [1.54, 1.807) is 4.68 Å². The topological polar surface area (TPSA) is 110 Å². The molecule has 0 bridgehead atoms. The molecule has 1 amide bonds. The average molecular weight is 351 g/mol. The normalized spacial score (nSPS) is 23.8. The zero-order valence-corrected chi connectivity index (χ0v) is 13.8. The quantitative estimate of drug-likeness (QED) is 0.418. The summed E-state index contributed by atoms with van der Waals surface area (Å²) in [6.45, 7) is 5.25. The number of carbonyl (C=O) groups excluding carboxylic acids is 2. The lowest BCUT2D eigenvalue weighted by molar-refractivity contribution is -0.155. The number of hydrogen-bond donors (Lipinski definition) is 1. The van der Waals surface area contributed by atoms with E-state index in [4.69, 9.17) is 4.74 Å². The second-order valence-electron chi connectivity index (χ2n) is 5.32. The molecule has 24 heavy (non-hydrogen) atoms. The van der Waals surface area contributed by atoms with E-state index in [1.165, 1.54) is 29.1 Å². The first kappa shape index (κ1) is 16.7. The summed E-state index contributed by atoms with van der Waals surface area (Å²) in [6.07, 6.45) is 3.56. The second-order valence-corrected chi connectivity index (χ2v) is 6.48. The van der Waals surface area contributed by atoms with Crippen molar-refractivity contribution in [3.63, 3.8) is 0 Å². The first-order chi connectivity index (χ1) is 11.6. The highest BCUT2D eigenvalue weighted by atomic mass is 32.2. The molecule has 0 aromatic carbocycles. The molecule has 1 saturated heterocycles. The Bertz CT molecular complexity index is 689. The van der Waals surface area contributed by atoms with Crippen LogP contribution in [0.1, 0.15) is 19.4 Å². The largest absolute Gasteiger partial charge is 0.457 e. The van der Waals surface area contributed by atoms with Gasteiger partial charge in [-0.1, -0.05) is 31.3 Å². The summed E-state index contributed by atoms with van der Waals surface area (Å²) in [5, 5.41) is 20.3. The Morgan fingerprint density at radius 2 is 2.42 bits per heavy atom. The monoisotopic (exact) mass is 351 g/mol. The molecule has 1 N–H and O–H groups in total. The fraction of sp³-hybridized carbons (Fsp3) is 0.500. The van der Waals surface area contributed by atoms with E-state index in [-0.39, 0.29) is 36.2 Å². The second kappa shape index (κ2) is 6.73. The number of thioether (sulfide) groups is 1. The Morgan fingerprint density at radius 3 is 3.00 bits per heavy atom. The molecule has 10 heteroatoms. The van der Waals surface area contributed by atoms with Crippen LogP contribution in [0, 0.1) is 5.92 Å². The van der Waals surface area contributed by atoms with Crippen LogP contribution in [0.4, 0.5) is 0 Å². The van der Waals surface area contributed by atoms with Crippen LogP contribution in [0.25, 0.3) is 0 Å². The van der Waals surface area contributed by atoms with E-state index in [9.17, 15) is 14.7 Å². The van der Waals surface area contributed by atoms with Crippen LogP contribution in [0.5, 0.6) is 0 Å². The molecule has 9 nitrogen and oxygen atoms in total. The predicted molar refractivity (Wildman–Crippen MR) is 84.1 cm³/mol. The van der Waals surface area contributed by atoms with Crippen LogP contribution in [-0.2, 0) is 14.3 Å². The number of aromatic nitrogens is 4. The van der Waals surface area contributed by atoms with Gasteiger partial charge in [-0.15, -0.1) is 5.10 Å². The molecule has 3 heterocycles. The standard InChI is InChI=1S/C14H17N5O4S/c1-3-5-23-14(22)10-11(9(4-2)18-7-15-16-17-18)24-13-8(6-20)12(21)19(10)13/h3,7-9,13,20H,1,4-6H2,2H3/t8-,9-,13+/m0/s1. The number of hydrogen-bond acceptors (Lipinski definition) is 8. The molecule has 1 aromatic rings. The number of β-lactam (4-membered cyclic amide) rings is 1. The lowest BCUT2D eigenvalue weighted by Crippen LogP contribution is -2.58. The van der Waals surface area contributed by atoms with E-state index >= 15 is 0 Å². The van der Waals surface area contributed by atoms with Crippen molar-refractivity contribution in [1.82, 2.24) is 25.1 Å². The Kier molecular flexibility index (Phi) is 4.67. The molecular weight excluding hydrogens is 334 g/mol. The van der Waals surface area contributed by atoms with E-state index in [0.29, 0.717) is 11.3 Å². The Labute approximate surface area is 142 Å². The number of aliphatic hydroxyl groups excluding tert-OH is 1. The number of rotatable bonds is 7. The number of fused-ring (bicyclic) bond motifs is 1. The average Bonchev–Trinajstić information content (AvgIpc) is 3.21. The van der Waals surface area contributed by atoms with Gasteiger partial charge in [0.2, 0.25) is 5.91 Å². The van der Waals surface area contributed by atoms with E-state index in [0.717, 1.165) is 0 Å². The number of tetrazole rings is 1. The first-order valence-corrected chi connectivity index (χ1v) is 8.37. The highest BCUT2D eigenvalue weighted by Gasteiger charge is 2.57. The van der Waals surface area contributed by atoms with Gasteiger partial charge in [0.15, 0.2) is 0 Å².